The minimum atomic E-state index is -1.98. The standard InChI is InChI=1S/C14H21BrO3Si/c1-14(2,3)19(5,6)18-12-8-7-10(15)9-11(12)13(16)17-4/h7-9H,1-6H3. The molecule has 0 amide bonds. The van der Waals surface area contributed by atoms with Crippen LogP contribution >= 0.6 is 15.9 Å². The second-order valence-electron chi connectivity index (χ2n) is 5.99. The van der Waals surface area contributed by atoms with Crippen molar-refractivity contribution in [3.63, 3.8) is 0 Å². The Morgan fingerprint density at radius 3 is 2.32 bits per heavy atom. The molecule has 0 aliphatic carbocycles. The van der Waals surface area contributed by atoms with Crippen molar-refractivity contribution in [2.45, 2.75) is 38.9 Å². The maximum Gasteiger partial charge on any atom is 0.341 e. The first kappa shape index (κ1) is 16.2. The number of benzene rings is 1. The third-order valence-corrected chi connectivity index (χ3v) is 8.35. The van der Waals surface area contributed by atoms with Gasteiger partial charge in [-0.25, -0.2) is 4.79 Å². The van der Waals surface area contributed by atoms with Gasteiger partial charge in [-0.05, 0) is 36.3 Å². The monoisotopic (exact) mass is 344 g/mol. The molecule has 0 fully saturated rings. The molecule has 0 N–H and O–H groups in total. The molecule has 5 heteroatoms. The number of carbonyl (C=O) groups is 1. The van der Waals surface area contributed by atoms with Crippen LogP contribution in [0.1, 0.15) is 31.1 Å². The van der Waals surface area contributed by atoms with Crippen molar-refractivity contribution < 1.29 is 14.0 Å². The topological polar surface area (TPSA) is 35.5 Å². The largest absolute Gasteiger partial charge is 0.543 e. The van der Waals surface area contributed by atoms with E-state index in [4.69, 9.17) is 9.16 Å². The van der Waals surface area contributed by atoms with Crippen LogP contribution in [0.15, 0.2) is 22.7 Å². The Kier molecular flexibility index (Phi) is 4.85. The zero-order valence-electron chi connectivity index (χ0n) is 12.3. The number of hydrogen-bond acceptors (Lipinski definition) is 3. The lowest BCUT2D eigenvalue weighted by Gasteiger charge is -2.36. The highest BCUT2D eigenvalue weighted by Crippen LogP contribution is 2.38. The first-order valence-electron chi connectivity index (χ1n) is 6.15. The number of halogens is 1. The highest BCUT2D eigenvalue weighted by molar-refractivity contribution is 9.10. The predicted octanol–water partition coefficient (Wildman–Crippen LogP) is 4.62. The van der Waals surface area contributed by atoms with E-state index in [9.17, 15) is 4.79 Å². The average Bonchev–Trinajstić information content (AvgIpc) is 2.28. The van der Waals surface area contributed by atoms with Crippen molar-refractivity contribution >= 4 is 30.2 Å². The second-order valence-corrected chi connectivity index (χ2v) is 11.6. The summed E-state index contributed by atoms with van der Waals surface area (Å²) in [6.07, 6.45) is 0. The van der Waals surface area contributed by atoms with Crippen LogP contribution in [0.2, 0.25) is 18.1 Å². The number of rotatable bonds is 3. The summed E-state index contributed by atoms with van der Waals surface area (Å²) < 4.78 is 11.8. The molecule has 0 aliphatic rings. The van der Waals surface area contributed by atoms with Crippen molar-refractivity contribution in [2.75, 3.05) is 7.11 Å². The van der Waals surface area contributed by atoms with Gasteiger partial charge in [-0.15, -0.1) is 0 Å². The van der Waals surface area contributed by atoms with E-state index in [1.807, 2.05) is 12.1 Å². The number of methoxy groups -OCH3 is 1. The van der Waals surface area contributed by atoms with Crippen LogP contribution in [-0.4, -0.2) is 21.4 Å². The second kappa shape index (κ2) is 5.67. The SMILES string of the molecule is COC(=O)c1cc(Br)ccc1O[Si](C)(C)C(C)(C)C. The van der Waals surface area contributed by atoms with Crippen LogP contribution < -0.4 is 4.43 Å². The van der Waals surface area contributed by atoms with Gasteiger partial charge in [-0.2, -0.15) is 0 Å². The number of hydrogen-bond donors (Lipinski definition) is 0. The molecule has 1 aromatic rings. The molecule has 0 spiro atoms. The molecular weight excluding hydrogens is 324 g/mol. The third-order valence-electron chi connectivity index (χ3n) is 3.52. The average molecular weight is 345 g/mol. The van der Waals surface area contributed by atoms with Gasteiger partial charge in [-0.1, -0.05) is 36.7 Å². The van der Waals surface area contributed by atoms with Crippen LogP contribution in [0, 0.1) is 0 Å². The molecule has 0 unspecified atom stereocenters. The fourth-order valence-corrected chi connectivity index (χ4v) is 2.68. The normalized spacial score (nSPS) is 12.2. The van der Waals surface area contributed by atoms with Crippen LogP contribution in [0.3, 0.4) is 0 Å². The molecule has 19 heavy (non-hydrogen) atoms. The van der Waals surface area contributed by atoms with E-state index in [-0.39, 0.29) is 11.0 Å². The van der Waals surface area contributed by atoms with Crippen molar-refractivity contribution in [1.29, 1.82) is 0 Å². The Hall–Kier alpha value is -0.813. The summed E-state index contributed by atoms with van der Waals surface area (Å²) in [7, 11) is -0.602. The maximum absolute atomic E-state index is 11.8. The molecule has 0 aliphatic heterocycles. The molecule has 1 aromatic carbocycles. The summed E-state index contributed by atoms with van der Waals surface area (Å²) in [6.45, 7) is 10.8. The van der Waals surface area contributed by atoms with Gasteiger partial charge >= 0.3 is 5.97 Å². The Labute approximate surface area is 124 Å². The zero-order chi connectivity index (χ0) is 14.8. The van der Waals surface area contributed by atoms with E-state index >= 15 is 0 Å². The number of esters is 1. The fourth-order valence-electron chi connectivity index (χ4n) is 1.29. The third kappa shape index (κ3) is 3.83. The van der Waals surface area contributed by atoms with Gasteiger partial charge in [0, 0.05) is 4.47 Å². The summed E-state index contributed by atoms with van der Waals surface area (Å²) in [5, 5.41) is 0.0768. The number of ether oxygens (including phenoxy) is 1. The van der Waals surface area contributed by atoms with Gasteiger partial charge in [0.15, 0.2) is 0 Å². The molecule has 1 rings (SSSR count). The lowest BCUT2D eigenvalue weighted by Crippen LogP contribution is -2.44. The maximum atomic E-state index is 11.8. The Balaban J connectivity index is 3.18. The fraction of sp³-hybridized carbons (Fsp3) is 0.500. The van der Waals surface area contributed by atoms with Crippen LogP contribution in [0.4, 0.5) is 0 Å². The first-order chi connectivity index (χ1) is 8.58. The van der Waals surface area contributed by atoms with Crippen LogP contribution in [-0.2, 0) is 4.74 Å². The van der Waals surface area contributed by atoms with E-state index < -0.39 is 8.32 Å². The Morgan fingerprint density at radius 2 is 1.84 bits per heavy atom. The van der Waals surface area contributed by atoms with E-state index in [1.54, 1.807) is 6.07 Å². The summed E-state index contributed by atoms with van der Waals surface area (Å²) in [6, 6.07) is 5.42. The Bertz CT molecular complexity index is 478. The molecule has 3 nitrogen and oxygen atoms in total. The summed E-state index contributed by atoms with van der Waals surface area (Å²) in [5.41, 5.74) is 0.460. The van der Waals surface area contributed by atoms with E-state index in [0.29, 0.717) is 11.3 Å². The van der Waals surface area contributed by atoms with Crippen molar-refractivity contribution in [3.8, 4) is 5.75 Å². The molecule has 0 saturated carbocycles. The molecule has 0 saturated heterocycles. The van der Waals surface area contributed by atoms with Gasteiger partial charge in [0.1, 0.15) is 11.3 Å². The van der Waals surface area contributed by atoms with Gasteiger partial charge in [0.25, 0.3) is 8.32 Å². The highest BCUT2D eigenvalue weighted by atomic mass is 79.9. The van der Waals surface area contributed by atoms with Crippen LogP contribution in [0.5, 0.6) is 5.75 Å². The highest BCUT2D eigenvalue weighted by Gasteiger charge is 2.39. The molecule has 0 radical (unpaired) electrons. The summed E-state index contributed by atoms with van der Waals surface area (Å²) in [5.74, 6) is 0.219. The molecule has 0 bridgehead atoms. The van der Waals surface area contributed by atoms with Crippen molar-refractivity contribution in [3.05, 3.63) is 28.2 Å². The summed E-state index contributed by atoms with van der Waals surface area (Å²) >= 11 is 3.36. The summed E-state index contributed by atoms with van der Waals surface area (Å²) in [4.78, 5) is 11.8. The number of carbonyl (C=O) groups excluding carboxylic acids is 1. The Morgan fingerprint density at radius 1 is 1.26 bits per heavy atom. The van der Waals surface area contributed by atoms with Gasteiger partial charge in [0.2, 0.25) is 0 Å². The minimum absolute atomic E-state index is 0.0768. The van der Waals surface area contributed by atoms with Crippen molar-refractivity contribution in [1.82, 2.24) is 0 Å². The van der Waals surface area contributed by atoms with E-state index in [2.05, 4.69) is 49.8 Å². The van der Waals surface area contributed by atoms with Gasteiger partial charge in [0.05, 0.1) is 7.11 Å². The first-order valence-corrected chi connectivity index (χ1v) is 9.85. The zero-order valence-corrected chi connectivity index (χ0v) is 14.9. The van der Waals surface area contributed by atoms with Crippen LogP contribution in [0.25, 0.3) is 0 Å². The lowest BCUT2D eigenvalue weighted by atomic mass is 10.2. The van der Waals surface area contributed by atoms with E-state index in [1.165, 1.54) is 7.11 Å². The molecular formula is C14H21BrO3Si. The predicted molar refractivity (Wildman–Crippen MR) is 83.3 cm³/mol. The quantitative estimate of drug-likeness (QED) is 0.592. The lowest BCUT2D eigenvalue weighted by molar-refractivity contribution is 0.0598. The van der Waals surface area contributed by atoms with E-state index in [0.717, 1.165) is 4.47 Å². The molecule has 0 aromatic heterocycles. The van der Waals surface area contributed by atoms with Gasteiger partial charge < -0.3 is 9.16 Å². The smallest absolute Gasteiger partial charge is 0.341 e. The molecule has 0 heterocycles. The molecule has 0 atom stereocenters. The molecule has 106 valence electrons. The van der Waals surface area contributed by atoms with Crippen molar-refractivity contribution in [2.24, 2.45) is 0 Å². The van der Waals surface area contributed by atoms with Gasteiger partial charge in [-0.3, -0.25) is 0 Å². The minimum Gasteiger partial charge on any atom is -0.543 e.